The summed E-state index contributed by atoms with van der Waals surface area (Å²) in [4.78, 5) is 15.0. The molecule has 9 heteroatoms. The Kier molecular flexibility index (Phi) is 8.12. The summed E-state index contributed by atoms with van der Waals surface area (Å²) in [6.07, 6.45) is 1.15. The maximum atomic E-state index is 12.9. The van der Waals surface area contributed by atoms with E-state index >= 15 is 0 Å². The van der Waals surface area contributed by atoms with E-state index in [1.807, 2.05) is 11.8 Å². The molecule has 1 atom stereocenters. The van der Waals surface area contributed by atoms with Crippen molar-refractivity contribution in [3.05, 3.63) is 24.3 Å². The number of nitrogens with one attached hydrogen (secondary N) is 1. The molecule has 2 fully saturated rings. The molecule has 1 aromatic carbocycles. The number of halogens is 1. The summed E-state index contributed by atoms with van der Waals surface area (Å²) in [5, 5.41) is 3.29. The number of hydrogen-bond donors (Lipinski definition) is 1. The fraction of sp³-hybridized carbons (Fsp3) is 0.632. The number of nitrogens with zero attached hydrogens (tertiary/aromatic N) is 2. The van der Waals surface area contributed by atoms with E-state index in [1.165, 1.54) is 4.31 Å². The second-order valence-electron chi connectivity index (χ2n) is 7.17. The van der Waals surface area contributed by atoms with Crippen LogP contribution in [0.4, 0.5) is 0 Å². The van der Waals surface area contributed by atoms with Gasteiger partial charge in [0.25, 0.3) is 0 Å². The molecule has 1 N–H and O–H groups in total. The highest BCUT2D eigenvalue weighted by Gasteiger charge is 2.35. The first kappa shape index (κ1) is 22.9. The van der Waals surface area contributed by atoms with E-state index in [2.05, 4.69) is 12.2 Å². The van der Waals surface area contributed by atoms with Crippen molar-refractivity contribution in [3.63, 3.8) is 0 Å². The van der Waals surface area contributed by atoms with Gasteiger partial charge in [0.05, 0.1) is 11.5 Å². The Bertz CT molecular complexity index is 749. The van der Waals surface area contributed by atoms with Crippen molar-refractivity contribution >= 4 is 28.3 Å². The van der Waals surface area contributed by atoms with Crippen molar-refractivity contribution < 1.29 is 17.9 Å². The molecule has 2 saturated heterocycles. The zero-order valence-corrected chi connectivity index (χ0v) is 18.1. The maximum absolute atomic E-state index is 12.9. The van der Waals surface area contributed by atoms with Crippen molar-refractivity contribution in [2.75, 3.05) is 39.3 Å². The quantitative estimate of drug-likeness (QED) is 0.768. The Hall–Kier alpha value is -1.35. The Morgan fingerprint density at radius 2 is 1.82 bits per heavy atom. The second kappa shape index (κ2) is 9.91. The lowest BCUT2D eigenvalue weighted by molar-refractivity contribution is -0.139. The maximum Gasteiger partial charge on any atom is 0.243 e. The van der Waals surface area contributed by atoms with E-state index in [0.29, 0.717) is 38.3 Å². The van der Waals surface area contributed by atoms with Gasteiger partial charge in [-0.1, -0.05) is 0 Å². The van der Waals surface area contributed by atoms with Gasteiger partial charge in [0.2, 0.25) is 15.9 Å². The molecule has 0 aliphatic carbocycles. The summed E-state index contributed by atoms with van der Waals surface area (Å²) in [5.74, 6) is 0.741. The topological polar surface area (TPSA) is 79.0 Å². The molecule has 1 amide bonds. The lowest BCUT2D eigenvalue weighted by Gasteiger charge is -2.38. The molecule has 0 radical (unpaired) electrons. The highest BCUT2D eigenvalue weighted by atomic mass is 35.5. The molecule has 0 unspecified atom stereocenters. The van der Waals surface area contributed by atoms with Crippen LogP contribution in [-0.2, 0) is 14.8 Å². The molecule has 0 saturated carbocycles. The Morgan fingerprint density at radius 3 is 2.39 bits per heavy atom. The van der Waals surface area contributed by atoms with Gasteiger partial charge in [-0.2, -0.15) is 4.31 Å². The largest absolute Gasteiger partial charge is 0.494 e. The lowest BCUT2D eigenvalue weighted by Crippen LogP contribution is -2.55. The van der Waals surface area contributed by atoms with Gasteiger partial charge in [0.1, 0.15) is 5.75 Å². The average Bonchev–Trinajstić information content (AvgIpc) is 2.69. The smallest absolute Gasteiger partial charge is 0.243 e. The molecule has 0 aromatic heterocycles. The number of amides is 1. The summed E-state index contributed by atoms with van der Waals surface area (Å²) in [5.41, 5.74) is 0. The first-order valence-electron chi connectivity index (χ1n) is 9.67. The highest BCUT2D eigenvalue weighted by molar-refractivity contribution is 7.89. The standard InChI is InChI=1S/C19H29N3O4S.ClH/c1-3-26-17-4-6-18(7-5-17)27(24,25)21-11-8-16(9-12-21)19(23)22-13-10-20-14-15(22)2;/h4-7,15-16,20H,3,8-14H2,1-2H3;1H/t15-;/m1./s1. The summed E-state index contributed by atoms with van der Waals surface area (Å²) < 4.78 is 32.6. The van der Waals surface area contributed by atoms with Crippen LogP contribution in [0, 0.1) is 5.92 Å². The van der Waals surface area contributed by atoms with Crippen LogP contribution in [0.1, 0.15) is 26.7 Å². The van der Waals surface area contributed by atoms with E-state index in [9.17, 15) is 13.2 Å². The molecular weight excluding hydrogens is 402 g/mol. The van der Waals surface area contributed by atoms with Crippen LogP contribution < -0.4 is 10.1 Å². The average molecular weight is 432 g/mol. The highest BCUT2D eigenvalue weighted by Crippen LogP contribution is 2.26. The molecular formula is C19H30ClN3O4S. The SMILES string of the molecule is CCOc1ccc(S(=O)(=O)N2CCC(C(=O)N3CCNC[C@H]3C)CC2)cc1.Cl. The van der Waals surface area contributed by atoms with Crippen LogP contribution in [0.15, 0.2) is 29.2 Å². The second-order valence-corrected chi connectivity index (χ2v) is 9.11. The van der Waals surface area contributed by atoms with Gasteiger partial charge >= 0.3 is 0 Å². The van der Waals surface area contributed by atoms with Crippen molar-refractivity contribution in [2.24, 2.45) is 5.92 Å². The molecule has 0 bridgehead atoms. The predicted molar refractivity (Wildman–Crippen MR) is 110 cm³/mol. The predicted octanol–water partition coefficient (Wildman–Crippen LogP) is 1.73. The molecule has 158 valence electrons. The van der Waals surface area contributed by atoms with Crippen LogP contribution in [0.2, 0.25) is 0 Å². The number of carbonyl (C=O) groups is 1. The zero-order valence-electron chi connectivity index (χ0n) is 16.5. The van der Waals surface area contributed by atoms with Gasteiger partial charge in [-0.05, 0) is 51.0 Å². The van der Waals surface area contributed by atoms with E-state index in [1.54, 1.807) is 24.3 Å². The summed E-state index contributed by atoms with van der Waals surface area (Å²) in [6.45, 7) is 7.60. The molecule has 3 rings (SSSR count). The summed E-state index contributed by atoms with van der Waals surface area (Å²) in [7, 11) is -3.54. The van der Waals surface area contributed by atoms with Crippen molar-refractivity contribution in [1.82, 2.24) is 14.5 Å². The van der Waals surface area contributed by atoms with E-state index in [4.69, 9.17) is 4.74 Å². The van der Waals surface area contributed by atoms with Crippen LogP contribution >= 0.6 is 12.4 Å². The first-order valence-corrected chi connectivity index (χ1v) is 11.1. The number of piperidine rings is 1. The third-order valence-corrected chi connectivity index (χ3v) is 7.27. The minimum absolute atomic E-state index is 0. The third kappa shape index (κ3) is 4.97. The van der Waals surface area contributed by atoms with Crippen LogP contribution in [0.5, 0.6) is 5.75 Å². The number of sulfonamides is 1. The minimum Gasteiger partial charge on any atom is -0.494 e. The van der Waals surface area contributed by atoms with Crippen LogP contribution in [0.3, 0.4) is 0 Å². The van der Waals surface area contributed by atoms with E-state index < -0.39 is 10.0 Å². The van der Waals surface area contributed by atoms with E-state index in [-0.39, 0.29) is 35.2 Å². The number of carbonyl (C=O) groups excluding carboxylic acids is 1. The number of benzene rings is 1. The van der Waals surface area contributed by atoms with Gasteiger partial charge in [0, 0.05) is 44.7 Å². The van der Waals surface area contributed by atoms with Crippen LogP contribution in [0.25, 0.3) is 0 Å². The summed E-state index contributed by atoms with van der Waals surface area (Å²) >= 11 is 0. The van der Waals surface area contributed by atoms with E-state index in [0.717, 1.165) is 19.6 Å². The fourth-order valence-corrected chi connectivity index (χ4v) is 5.24. The molecule has 28 heavy (non-hydrogen) atoms. The number of piperazine rings is 1. The number of rotatable bonds is 5. The third-order valence-electron chi connectivity index (χ3n) is 5.36. The van der Waals surface area contributed by atoms with Gasteiger partial charge in [-0.3, -0.25) is 4.79 Å². The Morgan fingerprint density at radius 1 is 1.18 bits per heavy atom. The van der Waals surface area contributed by atoms with Gasteiger partial charge < -0.3 is 15.0 Å². The number of hydrogen-bond acceptors (Lipinski definition) is 5. The number of ether oxygens (including phenoxy) is 1. The lowest BCUT2D eigenvalue weighted by atomic mass is 9.95. The molecule has 1 aromatic rings. The molecule has 2 heterocycles. The Balaban J connectivity index is 0.00000280. The molecule has 2 aliphatic rings. The Labute approximate surface area is 173 Å². The fourth-order valence-electron chi connectivity index (χ4n) is 3.77. The normalized spacial score (nSPS) is 21.8. The van der Waals surface area contributed by atoms with Crippen molar-refractivity contribution in [2.45, 2.75) is 37.6 Å². The molecule has 0 spiro atoms. The van der Waals surface area contributed by atoms with Crippen molar-refractivity contribution in [1.29, 1.82) is 0 Å². The summed E-state index contributed by atoms with van der Waals surface area (Å²) in [6, 6.07) is 6.72. The molecule has 2 aliphatic heterocycles. The first-order chi connectivity index (χ1) is 12.9. The minimum atomic E-state index is -3.54. The van der Waals surface area contributed by atoms with Crippen LogP contribution in [-0.4, -0.2) is 68.9 Å². The monoisotopic (exact) mass is 431 g/mol. The van der Waals surface area contributed by atoms with Crippen molar-refractivity contribution in [3.8, 4) is 5.75 Å². The van der Waals surface area contributed by atoms with Gasteiger partial charge in [-0.25, -0.2) is 8.42 Å². The van der Waals surface area contributed by atoms with Gasteiger partial charge in [-0.15, -0.1) is 12.4 Å². The molecule has 7 nitrogen and oxygen atoms in total. The van der Waals surface area contributed by atoms with Gasteiger partial charge in [0.15, 0.2) is 0 Å². The zero-order chi connectivity index (χ0) is 19.4.